The van der Waals surface area contributed by atoms with Gasteiger partial charge in [-0.3, -0.25) is 0 Å². The number of nitrogens with zero attached hydrogens (tertiary/aromatic N) is 2. The van der Waals surface area contributed by atoms with E-state index in [-0.39, 0.29) is 5.75 Å². The number of imidazole rings is 1. The van der Waals surface area contributed by atoms with E-state index >= 15 is 0 Å². The Kier molecular flexibility index (Phi) is 3.26. The Bertz CT molecular complexity index is 766. The molecule has 3 heteroatoms. The van der Waals surface area contributed by atoms with Gasteiger partial charge in [0.2, 0.25) is 0 Å². The summed E-state index contributed by atoms with van der Waals surface area (Å²) in [5, 5.41) is 10.1. The molecule has 0 aliphatic rings. The monoisotopic (exact) mass is 278 g/mol. The van der Waals surface area contributed by atoms with Crippen LogP contribution in [-0.4, -0.2) is 14.7 Å². The predicted molar refractivity (Wildman–Crippen MR) is 84.9 cm³/mol. The second-order valence-corrected chi connectivity index (χ2v) is 5.48. The topological polar surface area (TPSA) is 38.0 Å². The molecule has 3 aromatic rings. The molecule has 1 heterocycles. The number of phenols is 1. The lowest BCUT2D eigenvalue weighted by Crippen LogP contribution is -1.94. The molecule has 0 spiro atoms. The summed E-state index contributed by atoms with van der Waals surface area (Å²) in [6.45, 7) is 6.32. The van der Waals surface area contributed by atoms with E-state index in [0.717, 1.165) is 11.3 Å². The second kappa shape index (κ2) is 5.09. The van der Waals surface area contributed by atoms with Crippen LogP contribution >= 0.6 is 0 Å². The minimum Gasteiger partial charge on any atom is -0.508 e. The molecule has 0 unspecified atom stereocenters. The minimum absolute atomic E-state index is 0.260. The molecule has 0 aliphatic carbocycles. The first kappa shape index (κ1) is 13.4. The SMILES string of the molecule is Cc1cc(C)c(-c2cc(O)cc(-n3ccnc3)c2)c(C)c1. The lowest BCUT2D eigenvalue weighted by Gasteiger charge is -2.14. The van der Waals surface area contributed by atoms with E-state index in [9.17, 15) is 5.11 Å². The predicted octanol–water partition coefficient (Wildman–Crippen LogP) is 4.17. The van der Waals surface area contributed by atoms with Crippen molar-refractivity contribution in [1.29, 1.82) is 0 Å². The molecule has 2 aromatic carbocycles. The molecule has 0 atom stereocenters. The first-order valence-corrected chi connectivity index (χ1v) is 6.95. The largest absolute Gasteiger partial charge is 0.508 e. The van der Waals surface area contributed by atoms with Gasteiger partial charge >= 0.3 is 0 Å². The fourth-order valence-corrected chi connectivity index (χ4v) is 2.94. The molecule has 0 fully saturated rings. The number of aromatic hydroxyl groups is 1. The van der Waals surface area contributed by atoms with Crippen LogP contribution in [0.25, 0.3) is 16.8 Å². The molecule has 0 saturated carbocycles. The second-order valence-electron chi connectivity index (χ2n) is 5.48. The van der Waals surface area contributed by atoms with Crippen molar-refractivity contribution in [2.24, 2.45) is 0 Å². The van der Waals surface area contributed by atoms with Gasteiger partial charge in [-0.05, 0) is 55.2 Å². The number of rotatable bonds is 2. The summed E-state index contributed by atoms with van der Waals surface area (Å²) in [4.78, 5) is 4.06. The zero-order valence-corrected chi connectivity index (χ0v) is 12.5. The van der Waals surface area contributed by atoms with Crippen LogP contribution in [0, 0.1) is 20.8 Å². The molecule has 106 valence electrons. The van der Waals surface area contributed by atoms with Gasteiger partial charge in [0.1, 0.15) is 5.75 Å². The highest BCUT2D eigenvalue weighted by atomic mass is 16.3. The first-order valence-electron chi connectivity index (χ1n) is 6.95. The van der Waals surface area contributed by atoms with Crippen LogP contribution in [-0.2, 0) is 0 Å². The number of aryl methyl sites for hydroxylation is 3. The Morgan fingerprint density at radius 2 is 1.67 bits per heavy atom. The Labute approximate surface area is 124 Å². The van der Waals surface area contributed by atoms with Gasteiger partial charge in [0.15, 0.2) is 0 Å². The smallest absolute Gasteiger partial charge is 0.118 e. The molecule has 0 amide bonds. The highest BCUT2D eigenvalue weighted by Gasteiger charge is 2.10. The van der Waals surface area contributed by atoms with Gasteiger partial charge in [-0.2, -0.15) is 0 Å². The van der Waals surface area contributed by atoms with E-state index in [2.05, 4.69) is 44.0 Å². The maximum atomic E-state index is 10.1. The van der Waals surface area contributed by atoms with Gasteiger partial charge in [-0.25, -0.2) is 4.98 Å². The number of phenolic OH excluding ortho intramolecular Hbond substituents is 1. The van der Waals surface area contributed by atoms with E-state index < -0.39 is 0 Å². The standard InChI is InChI=1S/C18H18N2O/c1-12-6-13(2)18(14(3)7-12)15-8-16(10-17(21)9-15)20-5-4-19-11-20/h4-11,21H,1-3H3. The summed E-state index contributed by atoms with van der Waals surface area (Å²) in [5.41, 5.74) is 6.79. The van der Waals surface area contributed by atoms with Crippen LogP contribution in [0.4, 0.5) is 0 Å². The van der Waals surface area contributed by atoms with Crippen molar-refractivity contribution in [3.63, 3.8) is 0 Å². The molecule has 21 heavy (non-hydrogen) atoms. The van der Waals surface area contributed by atoms with Gasteiger partial charge in [0.05, 0.1) is 12.0 Å². The van der Waals surface area contributed by atoms with E-state index in [1.165, 1.54) is 22.3 Å². The van der Waals surface area contributed by atoms with Gasteiger partial charge in [0, 0.05) is 18.5 Å². The van der Waals surface area contributed by atoms with Crippen LogP contribution < -0.4 is 0 Å². The Morgan fingerprint density at radius 1 is 0.952 bits per heavy atom. The molecule has 1 aromatic heterocycles. The molecule has 3 rings (SSSR count). The van der Waals surface area contributed by atoms with Gasteiger partial charge in [-0.1, -0.05) is 17.7 Å². The van der Waals surface area contributed by atoms with Gasteiger partial charge < -0.3 is 9.67 Å². The number of benzene rings is 2. The van der Waals surface area contributed by atoms with E-state index in [1.807, 2.05) is 16.8 Å². The van der Waals surface area contributed by atoms with Crippen molar-refractivity contribution in [1.82, 2.24) is 9.55 Å². The van der Waals surface area contributed by atoms with Gasteiger partial charge in [0.25, 0.3) is 0 Å². The van der Waals surface area contributed by atoms with Crippen molar-refractivity contribution < 1.29 is 5.11 Å². The third-order valence-corrected chi connectivity index (χ3v) is 3.67. The maximum Gasteiger partial charge on any atom is 0.118 e. The number of hydrogen-bond donors (Lipinski definition) is 1. The van der Waals surface area contributed by atoms with Crippen LogP contribution in [0.1, 0.15) is 16.7 Å². The molecule has 1 N–H and O–H groups in total. The Hall–Kier alpha value is -2.55. The Balaban J connectivity index is 2.20. The summed E-state index contributed by atoms with van der Waals surface area (Å²) in [7, 11) is 0. The third kappa shape index (κ3) is 2.55. The minimum atomic E-state index is 0.260. The summed E-state index contributed by atoms with van der Waals surface area (Å²) in [6.07, 6.45) is 5.33. The summed E-state index contributed by atoms with van der Waals surface area (Å²) in [5.74, 6) is 0.260. The molecule has 0 radical (unpaired) electrons. The van der Waals surface area contributed by atoms with E-state index in [1.54, 1.807) is 18.6 Å². The number of aromatic nitrogens is 2. The van der Waals surface area contributed by atoms with Crippen molar-refractivity contribution in [3.8, 4) is 22.6 Å². The summed E-state index contributed by atoms with van der Waals surface area (Å²) >= 11 is 0. The summed E-state index contributed by atoms with van der Waals surface area (Å²) in [6, 6.07) is 9.97. The van der Waals surface area contributed by atoms with Crippen LogP contribution in [0.3, 0.4) is 0 Å². The average molecular weight is 278 g/mol. The highest BCUT2D eigenvalue weighted by Crippen LogP contribution is 2.32. The normalized spacial score (nSPS) is 10.8. The molecule has 0 saturated heterocycles. The van der Waals surface area contributed by atoms with Crippen LogP contribution in [0.5, 0.6) is 5.75 Å². The third-order valence-electron chi connectivity index (χ3n) is 3.67. The average Bonchev–Trinajstić information content (AvgIpc) is 2.90. The molecule has 3 nitrogen and oxygen atoms in total. The zero-order chi connectivity index (χ0) is 15.0. The van der Waals surface area contributed by atoms with E-state index in [0.29, 0.717) is 0 Å². The van der Waals surface area contributed by atoms with Crippen molar-refractivity contribution in [2.45, 2.75) is 20.8 Å². The highest BCUT2D eigenvalue weighted by molar-refractivity contribution is 5.74. The summed E-state index contributed by atoms with van der Waals surface area (Å²) < 4.78 is 1.89. The molecular weight excluding hydrogens is 260 g/mol. The molecular formula is C18H18N2O. The lowest BCUT2D eigenvalue weighted by molar-refractivity contribution is 0.475. The number of hydrogen-bond acceptors (Lipinski definition) is 2. The van der Waals surface area contributed by atoms with Crippen LogP contribution in [0.2, 0.25) is 0 Å². The van der Waals surface area contributed by atoms with Crippen molar-refractivity contribution in [3.05, 3.63) is 65.7 Å². The maximum absolute atomic E-state index is 10.1. The lowest BCUT2D eigenvalue weighted by atomic mass is 9.93. The van der Waals surface area contributed by atoms with Crippen LogP contribution in [0.15, 0.2) is 49.1 Å². The first-order chi connectivity index (χ1) is 10.0. The molecule has 0 bridgehead atoms. The fraction of sp³-hybridized carbons (Fsp3) is 0.167. The quantitative estimate of drug-likeness (QED) is 0.764. The zero-order valence-electron chi connectivity index (χ0n) is 12.5. The van der Waals surface area contributed by atoms with Gasteiger partial charge in [-0.15, -0.1) is 0 Å². The van der Waals surface area contributed by atoms with Crippen molar-refractivity contribution >= 4 is 0 Å². The molecule has 0 aliphatic heterocycles. The van der Waals surface area contributed by atoms with E-state index in [4.69, 9.17) is 0 Å². The Morgan fingerprint density at radius 3 is 2.29 bits per heavy atom. The van der Waals surface area contributed by atoms with Crippen molar-refractivity contribution in [2.75, 3.05) is 0 Å². The fourth-order valence-electron chi connectivity index (χ4n) is 2.94.